The number of piperidine rings is 1. The van der Waals surface area contributed by atoms with Gasteiger partial charge in [0.25, 0.3) is 0 Å². The molecule has 20 heavy (non-hydrogen) atoms. The monoisotopic (exact) mass is 282 g/mol. The third-order valence-corrected chi connectivity index (χ3v) is 5.06. The number of carbonyl (C=O) groups excluding carboxylic acids is 1. The van der Waals surface area contributed by atoms with E-state index in [0.717, 1.165) is 45.1 Å². The first-order valence-electron chi connectivity index (χ1n) is 8.29. The molecule has 0 saturated carbocycles. The molecule has 0 aromatic heterocycles. The number of rotatable bonds is 4. The lowest BCUT2D eigenvalue weighted by Crippen LogP contribution is -2.55. The quantitative estimate of drug-likeness (QED) is 0.832. The largest absolute Gasteiger partial charge is 0.375 e. The summed E-state index contributed by atoms with van der Waals surface area (Å²) >= 11 is 0. The molecule has 2 aliphatic rings. The van der Waals surface area contributed by atoms with Crippen molar-refractivity contribution in [3.05, 3.63) is 0 Å². The molecule has 0 bridgehead atoms. The van der Waals surface area contributed by atoms with Crippen LogP contribution >= 0.6 is 0 Å². The van der Waals surface area contributed by atoms with E-state index in [2.05, 4.69) is 31.4 Å². The van der Waals surface area contributed by atoms with Gasteiger partial charge in [-0.05, 0) is 51.9 Å². The van der Waals surface area contributed by atoms with Gasteiger partial charge < -0.3 is 15.4 Å². The number of amides is 1. The van der Waals surface area contributed by atoms with E-state index < -0.39 is 0 Å². The summed E-state index contributed by atoms with van der Waals surface area (Å²) in [5.74, 6) is 0.185. The summed E-state index contributed by atoms with van der Waals surface area (Å²) < 4.78 is 5.97. The Morgan fingerprint density at radius 1 is 1.30 bits per heavy atom. The van der Waals surface area contributed by atoms with Gasteiger partial charge in [-0.15, -0.1) is 0 Å². The summed E-state index contributed by atoms with van der Waals surface area (Å²) in [5.41, 5.74) is -0.0243. The molecule has 3 atom stereocenters. The fraction of sp³-hybridized carbons (Fsp3) is 0.938. The molecule has 0 radical (unpaired) electrons. The second-order valence-electron chi connectivity index (χ2n) is 6.49. The first kappa shape index (κ1) is 15.8. The summed E-state index contributed by atoms with van der Waals surface area (Å²) in [6, 6.07) is 0.731. The number of carbonyl (C=O) groups is 1. The average molecular weight is 282 g/mol. The lowest BCUT2D eigenvalue weighted by molar-refractivity contribution is -0.128. The number of hydrogen-bond donors (Lipinski definition) is 2. The summed E-state index contributed by atoms with van der Waals surface area (Å²) in [5, 5.41) is 6.66. The van der Waals surface area contributed by atoms with Gasteiger partial charge in [0.1, 0.15) is 0 Å². The van der Waals surface area contributed by atoms with E-state index in [1.165, 1.54) is 6.42 Å². The predicted octanol–water partition coefficient (Wildman–Crippen LogP) is 2.37. The molecule has 4 heteroatoms. The molecule has 2 N–H and O–H groups in total. The van der Waals surface area contributed by atoms with Crippen LogP contribution in [0.3, 0.4) is 0 Å². The lowest BCUT2D eigenvalue weighted by atomic mass is 9.85. The van der Waals surface area contributed by atoms with Crippen LogP contribution < -0.4 is 10.6 Å². The van der Waals surface area contributed by atoms with Crippen molar-refractivity contribution in [2.75, 3.05) is 6.61 Å². The van der Waals surface area contributed by atoms with Crippen molar-refractivity contribution in [1.29, 1.82) is 0 Å². The fourth-order valence-corrected chi connectivity index (χ4v) is 3.54. The van der Waals surface area contributed by atoms with E-state index >= 15 is 0 Å². The Morgan fingerprint density at radius 3 is 2.70 bits per heavy atom. The first-order chi connectivity index (χ1) is 9.58. The molecular weight excluding hydrogens is 252 g/mol. The molecule has 0 aliphatic carbocycles. The molecule has 2 saturated heterocycles. The molecule has 2 aliphatic heterocycles. The van der Waals surface area contributed by atoms with Crippen LogP contribution in [0.2, 0.25) is 0 Å². The molecule has 116 valence electrons. The maximum absolute atomic E-state index is 12.4. The van der Waals surface area contributed by atoms with E-state index in [9.17, 15) is 4.79 Å². The normalized spacial score (nSPS) is 33.6. The van der Waals surface area contributed by atoms with Crippen molar-refractivity contribution in [3.8, 4) is 0 Å². The van der Waals surface area contributed by atoms with Crippen molar-refractivity contribution >= 4 is 5.91 Å². The standard InChI is InChI=1S/C16H30N2O2/c1-4-16(5-2)11-13(9-10-20-16)18-15(19)14-8-6-7-12(3)17-14/h12-14,17H,4-11H2,1-3H3,(H,18,19). The van der Waals surface area contributed by atoms with Gasteiger partial charge >= 0.3 is 0 Å². The van der Waals surface area contributed by atoms with E-state index in [-0.39, 0.29) is 23.6 Å². The van der Waals surface area contributed by atoms with Gasteiger partial charge in [0.2, 0.25) is 5.91 Å². The highest BCUT2D eigenvalue weighted by atomic mass is 16.5. The zero-order chi connectivity index (χ0) is 14.6. The maximum Gasteiger partial charge on any atom is 0.237 e. The minimum atomic E-state index is -0.0243. The van der Waals surface area contributed by atoms with Crippen LogP contribution in [0.1, 0.15) is 65.7 Å². The molecule has 0 aromatic carbocycles. The van der Waals surface area contributed by atoms with Crippen LogP contribution in [0.4, 0.5) is 0 Å². The van der Waals surface area contributed by atoms with E-state index in [1.54, 1.807) is 0 Å². The summed E-state index contributed by atoms with van der Waals surface area (Å²) in [7, 11) is 0. The zero-order valence-electron chi connectivity index (χ0n) is 13.2. The highest BCUT2D eigenvalue weighted by molar-refractivity contribution is 5.82. The van der Waals surface area contributed by atoms with Gasteiger partial charge in [-0.2, -0.15) is 0 Å². The van der Waals surface area contributed by atoms with Crippen molar-refractivity contribution in [2.45, 2.75) is 89.4 Å². The minimum Gasteiger partial charge on any atom is -0.375 e. The van der Waals surface area contributed by atoms with Crippen LogP contribution in [0.25, 0.3) is 0 Å². The third kappa shape index (κ3) is 3.73. The number of hydrogen-bond acceptors (Lipinski definition) is 3. The van der Waals surface area contributed by atoms with Crippen LogP contribution in [0, 0.1) is 0 Å². The molecule has 2 rings (SSSR count). The van der Waals surface area contributed by atoms with E-state index in [4.69, 9.17) is 4.74 Å². The minimum absolute atomic E-state index is 0.000696. The fourth-order valence-electron chi connectivity index (χ4n) is 3.54. The Labute approximate surface area is 123 Å². The van der Waals surface area contributed by atoms with Crippen molar-refractivity contribution in [3.63, 3.8) is 0 Å². The van der Waals surface area contributed by atoms with E-state index in [0.29, 0.717) is 6.04 Å². The predicted molar refractivity (Wildman–Crippen MR) is 80.7 cm³/mol. The van der Waals surface area contributed by atoms with Gasteiger partial charge in [0.05, 0.1) is 11.6 Å². The van der Waals surface area contributed by atoms with Gasteiger partial charge in [0, 0.05) is 18.7 Å². The smallest absolute Gasteiger partial charge is 0.237 e. The van der Waals surface area contributed by atoms with Crippen LogP contribution in [-0.4, -0.2) is 36.2 Å². The molecule has 1 amide bonds. The highest BCUT2D eigenvalue weighted by Gasteiger charge is 2.36. The van der Waals surface area contributed by atoms with Crippen LogP contribution in [0.5, 0.6) is 0 Å². The van der Waals surface area contributed by atoms with Gasteiger partial charge in [0.15, 0.2) is 0 Å². The van der Waals surface area contributed by atoms with Crippen molar-refractivity contribution in [2.24, 2.45) is 0 Å². The van der Waals surface area contributed by atoms with Crippen molar-refractivity contribution < 1.29 is 9.53 Å². The Balaban J connectivity index is 1.87. The van der Waals surface area contributed by atoms with Gasteiger partial charge in [-0.1, -0.05) is 13.8 Å². The third-order valence-electron chi connectivity index (χ3n) is 5.06. The van der Waals surface area contributed by atoms with Crippen molar-refractivity contribution in [1.82, 2.24) is 10.6 Å². The van der Waals surface area contributed by atoms with E-state index in [1.807, 2.05) is 0 Å². The average Bonchev–Trinajstić information content (AvgIpc) is 2.47. The van der Waals surface area contributed by atoms with Gasteiger partial charge in [-0.25, -0.2) is 0 Å². The number of ether oxygens (including phenoxy) is 1. The molecule has 4 nitrogen and oxygen atoms in total. The van der Waals surface area contributed by atoms with Gasteiger partial charge in [-0.3, -0.25) is 4.79 Å². The van der Waals surface area contributed by atoms with Crippen LogP contribution in [0.15, 0.2) is 0 Å². The molecule has 0 aromatic rings. The molecule has 3 unspecified atom stereocenters. The Morgan fingerprint density at radius 2 is 2.05 bits per heavy atom. The second kappa shape index (κ2) is 6.90. The summed E-state index contributed by atoms with van der Waals surface area (Å²) in [6.07, 6.45) is 7.22. The zero-order valence-corrected chi connectivity index (χ0v) is 13.2. The van der Waals surface area contributed by atoms with Crippen LogP contribution in [-0.2, 0) is 9.53 Å². The SMILES string of the molecule is CCC1(CC)CC(NC(=O)C2CCCC(C)N2)CCO1. The first-order valence-corrected chi connectivity index (χ1v) is 8.29. The summed E-state index contributed by atoms with van der Waals surface area (Å²) in [6.45, 7) is 7.28. The second-order valence-corrected chi connectivity index (χ2v) is 6.49. The maximum atomic E-state index is 12.4. The molecule has 2 fully saturated rings. The topological polar surface area (TPSA) is 50.4 Å². The molecule has 0 spiro atoms. The summed E-state index contributed by atoms with van der Waals surface area (Å²) in [4.78, 5) is 12.4. The number of nitrogens with one attached hydrogen (secondary N) is 2. The Kier molecular flexibility index (Phi) is 5.44. The molecular formula is C16H30N2O2. The highest BCUT2D eigenvalue weighted by Crippen LogP contribution is 2.31. The lowest BCUT2D eigenvalue weighted by Gasteiger charge is -2.41. The Hall–Kier alpha value is -0.610. The molecule has 2 heterocycles. The Bertz CT molecular complexity index is 328.